The third-order valence-electron chi connectivity index (χ3n) is 4.70. The number of rotatable bonds is 8. The van der Waals surface area contributed by atoms with Gasteiger partial charge in [0.1, 0.15) is 0 Å². The second-order valence-electron chi connectivity index (χ2n) is 7.27. The minimum absolute atomic E-state index is 0.0687. The first-order chi connectivity index (χ1) is 11.2. The summed E-state index contributed by atoms with van der Waals surface area (Å²) in [6.07, 6.45) is 5.18. The molecule has 0 amide bonds. The van der Waals surface area contributed by atoms with Crippen LogP contribution in [-0.2, 0) is 0 Å². The van der Waals surface area contributed by atoms with E-state index in [9.17, 15) is 13.2 Å². The molecule has 1 saturated carbocycles. The third-order valence-corrected chi connectivity index (χ3v) is 4.70. The molecule has 1 atom stereocenters. The minimum Gasteiger partial charge on any atom is -0.290 e. The average molecular weight is 343 g/mol. The highest BCUT2D eigenvalue weighted by Crippen LogP contribution is 2.33. The highest BCUT2D eigenvalue weighted by Gasteiger charge is 2.41. The first-order valence-electron chi connectivity index (χ1n) is 9.11. The van der Waals surface area contributed by atoms with Crippen molar-refractivity contribution in [2.24, 2.45) is 10.9 Å². The van der Waals surface area contributed by atoms with E-state index in [2.05, 4.69) is 17.6 Å². The zero-order valence-corrected chi connectivity index (χ0v) is 15.4. The molecule has 0 heterocycles. The van der Waals surface area contributed by atoms with Crippen LogP contribution in [0, 0.1) is 5.92 Å². The van der Waals surface area contributed by atoms with Gasteiger partial charge in [-0.05, 0) is 59.3 Å². The van der Waals surface area contributed by atoms with Crippen molar-refractivity contribution in [2.75, 3.05) is 0 Å². The monoisotopic (exact) mass is 343 g/mol. The quantitative estimate of drug-likeness (QED) is 0.331. The lowest BCUT2D eigenvalue weighted by molar-refractivity contribution is -0.156. The molecule has 138 valence electrons. The van der Waals surface area contributed by atoms with E-state index in [-0.39, 0.29) is 18.2 Å². The lowest BCUT2D eigenvalue weighted by Gasteiger charge is -2.24. The van der Waals surface area contributed by atoms with Crippen LogP contribution in [-0.4, -0.2) is 17.9 Å². The average Bonchev–Trinajstić information content (AvgIpc) is 2.46. The highest BCUT2D eigenvalue weighted by molar-refractivity contribution is 5.85. The maximum Gasteiger partial charge on any atom is 0.396 e. The van der Waals surface area contributed by atoms with Gasteiger partial charge in [-0.25, -0.2) is 0 Å². The van der Waals surface area contributed by atoms with Crippen molar-refractivity contribution in [3.05, 3.63) is 23.8 Å². The number of halogens is 3. The highest BCUT2D eigenvalue weighted by atomic mass is 19.4. The van der Waals surface area contributed by atoms with E-state index in [1.165, 1.54) is 12.0 Å². The van der Waals surface area contributed by atoms with Gasteiger partial charge in [-0.2, -0.15) is 13.2 Å². The van der Waals surface area contributed by atoms with Crippen molar-refractivity contribution >= 4 is 5.71 Å². The third kappa shape index (κ3) is 8.16. The molecular formula is C20H32F3N. The molecule has 1 aliphatic carbocycles. The van der Waals surface area contributed by atoms with Gasteiger partial charge in [0.2, 0.25) is 0 Å². The van der Waals surface area contributed by atoms with Crippen LogP contribution in [0.5, 0.6) is 0 Å². The zero-order valence-electron chi connectivity index (χ0n) is 15.4. The number of hydrogen-bond donors (Lipinski definition) is 0. The van der Waals surface area contributed by atoms with Gasteiger partial charge in [0, 0.05) is 11.8 Å². The van der Waals surface area contributed by atoms with Crippen LogP contribution in [0.15, 0.2) is 28.8 Å². The Morgan fingerprint density at radius 2 is 1.75 bits per heavy atom. The molecule has 0 aromatic rings. The SMILES string of the molecule is C=C(CCC=C(C)C)CCC(C(C)=NC1CCCCC1)C(F)(F)F. The van der Waals surface area contributed by atoms with Gasteiger partial charge in [0.25, 0.3) is 0 Å². The van der Waals surface area contributed by atoms with Crippen LogP contribution in [0.25, 0.3) is 0 Å². The van der Waals surface area contributed by atoms with Gasteiger partial charge < -0.3 is 0 Å². The van der Waals surface area contributed by atoms with Gasteiger partial charge >= 0.3 is 6.18 Å². The first-order valence-corrected chi connectivity index (χ1v) is 9.11. The number of aliphatic imine (C=N–C) groups is 1. The maximum atomic E-state index is 13.4. The van der Waals surface area contributed by atoms with Crippen LogP contribution in [0.2, 0.25) is 0 Å². The fraction of sp³-hybridized carbons (Fsp3) is 0.750. The zero-order chi connectivity index (χ0) is 18.2. The number of allylic oxidation sites excluding steroid dienone is 3. The summed E-state index contributed by atoms with van der Waals surface area (Å²) in [4.78, 5) is 4.42. The molecule has 1 fully saturated rings. The fourth-order valence-electron chi connectivity index (χ4n) is 3.24. The Morgan fingerprint density at radius 3 is 2.29 bits per heavy atom. The lowest BCUT2D eigenvalue weighted by Crippen LogP contribution is -2.30. The molecule has 24 heavy (non-hydrogen) atoms. The molecular weight excluding hydrogens is 311 g/mol. The Kier molecular flexibility index (Phi) is 8.79. The maximum absolute atomic E-state index is 13.4. The van der Waals surface area contributed by atoms with E-state index in [0.717, 1.165) is 44.1 Å². The molecule has 0 aromatic heterocycles. The number of nitrogens with zero attached hydrogens (tertiary/aromatic N) is 1. The molecule has 1 aliphatic rings. The Hall–Kier alpha value is -1.06. The molecule has 4 heteroatoms. The molecule has 1 nitrogen and oxygen atoms in total. The molecule has 0 radical (unpaired) electrons. The van der Waals surface area contributed by atoms with Crippen molar-refractivity contribution < 1.29 is 13.2 Å². The minimum atomic E-state index is -4.22. The van der Waals surface area contributed by atoms with Crippen molar-refractivity contribution in [2.45, 2.75) is 90.8 Å². The number of alkyl halides is 3. The van der Waals surface area contributed by atoms with Crippen molar-refractivity contribution in [1.29, 1.82) is 0 Å². The summed E-state index contributed by atoms with van der Waals surface area (Å²) in [7, 11) is 0. The molecule has 0 saturated heterocycles. The molecule has 1 rings (SSSR count). The van der Waals surface area contributed by atoms with E-state index in [4.69, 9.17) is 0 Å². The Labute approximate surface area is 145 Å². The van der Waals surface area contributed by atoms with E-state index < -0.39 is 12.1 Å². The van der Waals surface area contributed by atoms with Crippen LogP contribution >= 0.6 is 0 Å². The smallest absolute Gasteiger partial charge is 0.290 e. The lowest BCUT2D eigenvalue weighted by atomic mass is 9.92. The fourth-order valence-corrected chi connectivity index (χ4v) is 3.24. The van der Waals surface area contributed by atoms with Crippen molar-refractivity contribution in [3.63, 3.8) is 0 Å². The van der Waals surface area contributed by atoms with E-state index in [0.29, 0.717) is 6.42 Å². The molecule has 0 aliphatic heterocycles. The van der Waals surface area contributed by atoms with E-state index in [1.54, 1.807) is 6.92 Å². The second kappa shape index (κ2) is 10.0. The standard InChI is InChI=1S/C20H32F3N/c1-15(2)9-8-10-16(3)13-14-19(20(21,22)23)17(4)24-18-11-6-5-7-12-18/h9,18-19H,3,5-8,10-14H2,1-2,4H3. The molecule has 1 unspecified atom stereocenters. The van der Waals surface area contributed by atoms with Gasteiger partial charge in [-0.3, -0.25) is 4.99 Å². The van der Waals surface area contributed by atoms with Gasteiger partial charge in [-0.1, -0.05) is 43.1 Å². The Bertz CT molecular complexity index is 450. The normalized spacial score (nSPS) is 18.3. The predicted molar refractivity (Wildman–Crippen MR) is 96.6 cm³/mol. The summed E-state index contributed by atoms with van der Waals surface area (Å²) in [5.74, 6) is -1.43. The van der Waals surface area contributed by atoms with Crippen molar-refractivity contribution in [1.82, 2.24) is 0 Å². The van der Waals surface area contributed by atoms with Crippen molar-refractivity contribution in [3.8, 4) is 0 Å². The molecule has 0 aromatic carbocycles. The Morgan fingerprint density at radius 1 is 1.12 bits per heavy atom. The second-order valence-corrected chi connectivity index (χ2v) is 7.27. The Balaban J connectivity index is 2.60. The van der Waals surface area contributed by atoms with Gasteiger partial charge in [0.05, 0.1) is 5.92 Å². The summed E-state index contributed by atoms with van der Waals surface area (Å²) in [6, 6.07) is 0.0875. The number of hydrogen-bond acceptors (Lipinski definition) is 1. The van der Waals surface area contributed by atoms with E-state index >= 15 is 0 Å². The van der Waals surface area contributed by atoms with Gasteiger partial charge in [-0.15, -0.1) is 0 Å². The van der Waals surface area contributed by atoms with E-state index in [1.807, 2.05) is 13.8 Å². The van der Waals surface area contributed by atoms with Crippen LogP contribution in [0.3, 0.4) is 0 Å². The first kappa shape index (κ1) is 21.0. The summed E-state index contributed by atoms with van der Waals surface area (Å²) >= 11 is 0. The van der Waals surface area contributed by atoms with Gasteiger partial charge in [0.15, 0.2) is 0 Å². The summed E-state index contributed by atoms with van der Waals surface area (Å²) in [6.45, 7) is 9.54. The van der Waals surface area contributed by atoms with Crippen LogP contribution < -0.4 is 0 Å². The summed E-state index contributed by atoms with van der Waals surface area (Å²) in [5, 5.41) is 0. The predicted octanol–water partition coefficient (Wildman–Crippen LogP) is 7.04. The largest absolute Gasteiger partial charge is 0.396 e. The molecule has 0 N–H and O–H groups in total. The summed E-state index contributed by atoms with van der Waals surface area (Å²) in [5.41, 5.74) is 2.38. The molecule has 0 spiro atoms. The molecule has 0 bridgehead atoms. The van der Waals surface area contributed by atoms with Crippen LogP contribution in [0.4, 0.5) is 13.2 Å². The topological polar surface area (TPSA) is 12.4 Å². The summed E-state index contributed by atoms with van der Waals surface area (Å²) < 4.78 is 40.2. The van der Waals surface area contributed by atoms with Crippen LogP contribution in [0.1, 0.15) is 78.6 Å².